The Balaban J connectivity index is 1.53. The SMILES string of the molecule is CC(COc1ccc(Cl)cc1)NC(=O)c1ccc(-n2cnnn2)cc1. The molecule has 1 aromatic heterocycles. The van der Waals surface area contributed by atoms with Crippen molar-refractivity contribution < 1.29 is 9.53 Å². The first kappa shape index (κ1) is 16.9. The molecule has 3 aromatic rings. The summed E-state index contributed by atoms with van der Waals surface area (Å²) in [4.78, 5) is 12.3. The summed E-state index contributed by atoms with van der Waals surface area (Å²) in [5, 5.41) is 14.5. The molecule has 3 rings (SSSR count). The highest BCUT2D eigenvalue weighted by molar-refractivity contribution is 6.30. The molecular weight excluding hydrogens is 342 g/mol. The number of tetrazole rings is 1. The Labute approximate surface area is 149 Å². The quantitative estimate of drug-likeness (QED) is 0.733. The first-order valence-corrected chi connectivity index (χ1v) is 8.02. The van der Waals surface area contributed by atoms with Crippen molar-refractivity contribution >= 4 is 17.5 Å². The van der Waals surface area contributed by atoms with Gasteiger partial charge < -0.3 is 10.1 Å². The lowest BCUT2D eigenvalue weighted by atomic mass is 10.2. The van der Waals surface area contributed by atoms with Gasteiger partial charge in [0.25, 0.3) is 5.91 Å². The van der Waals surface area contributed by atoms with E-state index in [0.717, 1.165) is 5.69 Å². The van der Waals surface area contributed by atoms with E-state index in [9.17, 15) is 4.79 Å². The molecule has 25 heavy (non-hydrogen) atoms. The van der Waals surface area contributed by atoms with Gasteiger partial charge in [0.15, 0.2) is 0 Å². The molecule has 2 aromatic carbocycles. The lowest BCUT2D eigenvalue weighted by Gasteiger charge is -2.15. The minimum Gasteiger partial charge on any atom is -0.491 e. The monoisotopic (exact) mass is 357 g/mol. The second-order valence-electron chi connectivity index (χ2n) is 5.44. The van der Waals surface area contributed by atoms with E-state index in [2.05, 4.69) is 20.8 Å². The second kappa shape index (κ2) is 7.76. The number of amides is 1. The summed E-state index contributed by atoms with van der Waals surface area (Å²) in [6, 6.07) is 13.9. The molecule has 0 radical (unpaired) electrons. The highest BCUT2D eigenvalue weighted by Gasteiger charge is 2.11. The summed E-state index contributed by atoms with van der Waals surface area (Å²) in [7, 11) is 0. The molecule has 0 bridgehead atoms. The average molecular weight is 358 g/mol. The topological polar surface area (TPSA) is 81.9 Å². The van der Waals surface area contributed by atoms with Crippen LogP contribution in [0.25, 0.3) is 5.69 Å². The molecule has 7 nitrogen and oxygen atoms in total. The van der Waals surface area contributed by atoms with Gasteiger partial charge in [0, 0.05) is 10.6 Å². The zero-order chi connectivity index (χ0) is 17.6. The second-order valence-corrected chi connectivity index (χ2v) is 5.88. The summed E-state index contributed by atoms with van der Waals surface area (Å²) in [6.07, 6.45) is 1.49. The molecule has 0 saturated carbocycles. The van der Waals surface area contributed by atoms with Gasteiger partial charge in [0.2, 0.25) is 0 Å². The van der Waals surface area contributed by atoms with Crippen LogP contribution in [0.5, 0.6) is 5.75 Å². The van der Waals surface area contributed by atoms with Crippen LogP contribution in [0.15, 0.2) is 54.9 Å². The molecule has 1 heterocycles. The maximum atomic E-state index is 12.3. The van der Waals surface area contributed by atoms with Gasteiger partial charge in [-0.2, -0.15) is 0 Å². The van der Waals surface area contributed by atoms with E-state index >= 15 is 0 Å². The van der Waals surface area contributed by atoms with Gasteiger partial charge in [-0.25, -0.2) is 4.68 Å². The third-order valence-electron chi connectivity index (χ3n) is 3.43. The molecule has 0 fully saturated rings. The number of ether oxygens (including phenoxy) is 1. The average Bonchev–Trinajstić information content (AvgIpc) is 3.16. The number of nitrogens with zero attached hydrogens (tertiary/aromatic N) is 4. The molecule has 0 aliphatic carbocycles. The molecule has 0 aliphatic rings. The zero-order valence-electron chi connectivity index (χ0n) is 13.5. The smallest absolute Gasteiger partial charge is 0.251 e. The first-order chi connectivity index (χ1) is 12.1. The van der Waals surface area contributed by atoms with Crippen molar-refractivity contribution in [2.45, 2.75) is 13.0 Å². The highest BCUT2D eigenvalue weighted by Crippen LogP contribution is 2.15. The van der Waals surface area contributed by atoms with E-state index in [1.54, 1.807) is 48.5 Å². The van der Waals surface area contributed by atoms with Gasteiger partial charge in [-0.15, -0.1) is 5.10 Å². The summed E-state index contributed by atoms with van der Waals surface area (Å²) < 4.78 is 7.15. The predicted octanol–water partition coefficient (Wildman–Crippen LogP) is 2.51. The van der Waals surface area contributed by atoms with Gasteiger partial charge in [-0.3, -0.25) is 4.79 Å². The van der Waals surface area contributed by atoms with Gasteiger partial charge in [0.1, 0.15) is 18.7 Å². The van der Waals surface area contributed by atoms with Gasteiger partial charge >= 0.3 is 0 Å². The van der Waals surface area contributed by atoms with Gasteiger partial charge in [-0.05, 0) is 65.9 Å². The minimum absolute atomic E-state index is 0.151. The van der Waals surface area contributed by atoms with Crippen molar-refractivity contribution in [2.24, 2.45) is 0 Å². The predicted molar refractivity (Wildman–Crippen MR) is 93.0 cm³/mol. The summed E-state index contributed by atoms with van der Waals surface area (Å²) in [5.74, 6) is 0.534. The summed E-state index contributed by atoms with van der Waals surface area (Å²) in [5.41, 5.74) is 1.33. The Morgan fingerprint density at radius 2 is 1.92 bits per heavy atom. The number of hydrogen-bond acceptors (Lipinski definition) is 5. The van der Waals surface area contributed by atoms with Gasteiger partial charge in [0.05, 0.1) is 11.7 Å². The third kappa shape index (κ3) is 4.54. The van der Waals surface area contributed by atoms with Crippen LogP contribution in [-0.4, -0.2) is 38.8 Å². The van der Waals surface area contributed by atoms with Crippen LogP contribution in [0.3, 0.4) is 0 Å². The lowest BCUT2D eigenvalue weighted by Crippen LogP contribution is -2.36. The zero-order valence-corrected chi connectivity index (χ0v) is 14.2. The maximum Gasteiger partial charge on any atom is 0.251 e. The minimum atomic E-state index is -0.171. The molecule has 0 aliphatic heterocycles. The third-order valence-corrected chi connectivity index (χ3v) is 3.69. The van der Waals surface area contributed by atoms with Crippen LogP contribution < -0.4 is 10.1 Å². The number of halogens is 1. The van der Waals surface area contributed by atoms with Crippen molar-refractivity contribution in [1.82, 2.24) is 25.5 Å². The number of carbonyl (C=O) groups is 1. The maximum absolute atomic E-state index is 12.3. The van der Waals surface area contributed by atoms with E-state index in [-0.39, 0.29) is 11.9 Å². The fourth-order valence-corrected chi connectivity index (χ4v) is 2.27. The summed E-state index contributed by atoms with van der Waals surface area (Å²) in [6.45, 7) is 2.24. The fourth-order valence-electron chi connectivity index (χ4n) is 2.15. The van der Waals surface area contributed by atoms with E-state index in [0.29, 0.717) is 22.9 Å². The number of hydrogen-bond donors (Lipinski definition) is 1. The van der Waals surface area contributed by atoms with Crippen LogP contribution in [0, 0.1) is 0 Å². The Morgan fingerprint density at radius 1 is 1.20 bits per heavy atom. The van der Waals surface area contributed by atoms with Crippen LogP contribution in [0.1, 0.15) is 17.3 Å². The molecule has 1 N–H and O–H groups in total. The number of rotatable bonds is 6. The van der Waals surface area contributed by atoms with E-state index in [4.69, 9.17) is 16.3 Å². The standard InChI is InChI=1S/C17H16ClN5O2/c1-12(10-25-16-8-4-14(18)5-9-16)20-17(24)13-2-6-15(7-3-13)23-11-19-21-22-23/h2-9,11-12H,10H2,1H3,(H,20,24). The Hall–Kier alpha value is -2.93. The van der Waals surface area contributed by atoms with Gasteiger partial charge in [-0.1, -0.05) is 11.6 Å². The number of carbonyl (C=O) groups excluding carboxylic acids is 1. The molecule has 1 atom stereocenters. The molecule has 128 valence electrons. The number of benzene rings is 2. The molecule has 1 unspecified atom stereocenters. The van der Waals surface area contributed by atoms with Crippen molar-refractivity contribution in [2.75, 3.05) is 6.61 Å². The largest absolute Gasteiger partial charge is 0.491 e. The Bertz CT molecular complexity index is 819. The molecule has 8 heteroatoms. The van der Waals surface area contributed by atoms with Crippen molar-refractivity contribution in [1.29, 1.82) is 0 Å². The van der Waals surface area contributed by atoms with Crippen molar-refractivity contribution in [3.05, 3.63) is 65.4 Å². The lowest BCUT2D eigenvalue weighted by molar-refractivity contribution is 0.0926. The van der Waals surface area contributed by atoms with Crippen molar-refractivity contribution in [3.8, 4) is 11.4 Å². The molecule has 0 spiro atoms. The van der Waals surface area contributed by atoms with Crippen molar-refractivity contribution in [3.63, 3.8) is 0 Å². The number of nitrogens with one attached hydrogen (secondary N) is 1. The van der Waals surface area contributed by atoms with Crippen LogP contribution >= 0.6 is 11.6 Å². The van der Waals surface area contributed by atoms with Crippen LogP contribution in [0.4, 0.5) is 0 Å². The fraction of sp³-hybridized carbons (Fsp3) is 0.176. The normalized spacial score (nSPS) is 11.8. The first-order valence-electron chi connectivity index (χ1n) is 7.64. The molecule has 0 saturated heterocycles. The van der Waals surface area contributed by atoms with Crippen LogP contribution in [-0.2, 0) is 0 Å². The van der Waals surface area contributed by atoms with E-state index < -0.39 is 0 Å². The molecular formula is C17H16ClN5O2. The Morgan fingerprint density at radius 3 is 2.56 bits per heavy atom. The van der Waals surface area contributed by atoms with Crippen LogP contribution in [0.2, 0.25) is 5.02 Å². The Kier molecular flexibility index (Phi) is 5.25. The molecule has 1 amide bonds. The summed E-state index contributed by atoms with van der Waals surface area (Å²) >= 11 is 5.83. The van der Waals surface area contributed by atoms with E-state index in [1.165, 1.54) is 11.0 Å². The number of aromatic nitrogens is 4. The highest BCUT2D eigenvalue weighted by atomic mass is 35.5. The van der Waals surface area contributed by atoms with E-state index in [1.807, 2.05) is 6.92 Å².